The monoisotopic (exact) mass is 435 g/mol. The second-order valence-electron chi connectivity index (χ2n) is 5.62. The van der Waals surface area contributed by atoms with Crippen LogP contribution < -0.4 is 10.6 Å². The number of anilines is 3. The standard InChI is InChI=1S/C17H14ClN5O3S2/c1-10-2-4-11(5-3-10)19-16-21-22-17(28-16)27-9-15(24)20-14-7-6-12(23(25)26)8-13(14)18/h2-8H,9H2,1H3,(H,19,21)(H,20,24). The molecule has 1 heterocycles. The summed E-state index contributed by atoms with van der Waals surface area (Å²) in [5, 5.41) is 25.3. The van der Waals surface area contributed by atoms with Crippen molar-refractivity contribution in [2.45, 2.75) is 11.3 Å². The molecule has 2 N–H and O–H groups in total. The van der Waals surface area contributed by atoms with Crippen LogP contribution in [0.4, 0.5) is 22.2 Å². The number of carbonyl (C=O) groups excluding carboxylic acids is 1. The molecule has 0 spiro atoms. The lowest BCUT2D eigenvalue weighted by atomic mass is 10.2. The molecule has 3 aromatic rings. The summed E-state index contributed by atoms with van der Waals surface area (Å²) < 4.78 is 0.638. The summed E-state index contributed by atoms with van der Waals surface area (Å²) in [7, 11) is 0. The Balaban J connectivity index is 1.53. The lowest BCUT2D eigenvalue weighted by molar-refractivity contribution is -0.384. The van der Waals surface area contributed by atoms with Gasteiger partial charge in [0.2, 0.25) is 11.0 Å². The van der Waals surface area contributed by atoms with Crippen LogP contribution in [0.1, 0.15) is 5.56 Å². The first-order chi connectivity index (χ1) is 13.4. The van der Waals surface area contributed by atoms with Gasteiger partial charge in [-0.1, -0.05) is 52.4 Å². The van der Waals surface area contributed by atoms with Crippen LogP contribution in [-0.4, -0.2) is 26.8 Å². The van der Waals surface area contributed by atoms with Crippen LogP contribution in [0.2, 0.25) is 5.02 Å². The van der Waals surface area contributed by atoms with Crippen molar-refractivity contribution in [1.82, 2.24) is 10.2 Å². The number of hydrogen-bond acceptors (Lipinski definition) is 8. The van der Waals surface area contributed by atoms with Crippen molar-refractivity contribution in [3.63, 3.8) is 0 Å². The molecule has 144 valence electrons. The van der Waals surface area contributed by atoms with Crippen molar-refractivity contribution in [1.29, 1.82) is 0 Å². The van der Waals surface area contributed by atoms with Crippen LogP contribution >= 0.6 is 34.7 Å². The predicted molar refractivity (Wildman–Crippen MR) is 112 cm³/mol. The summed E-state index contributed by atoms with van der Waals surface area (Å²) in [5.41, 5.74) is 2.25. The first kappa shape index (κ1) is 20.1. The summed E-state index contributed by atoms with van der Waals surface area (Å²) in [5.74, 6) is -0.198. The third-order valence-corrected chi connectivity index (χ3v) is 5.76. The quantitative estimate of drug-likeness (QED) is 0.309. The number of amides is 1. The van der Waals surface area contributed by atoms with Crippen molar-refractivity contribution < 1.29 is 9.72 Å². The van der Waals surface area contributed by atoms with Gasteiger partial charge in [0.25, 0.3) is 5.69 Å². The first-order valence-corrected chi connectivity index (χ1v) is 10.1. The molecule has 3 rings (SSSR count). The summed E-state index contributed by atoms with van der Waals surface area (Å²) in [6.07, 6.45) is 0. The Kier molecular flexibility index (Phi) is 6.45. The Labute approximate surface area is 173 Å². The topological polar surface area (TPSA) is 110 Å². The van der Waals surface area contributed by atoms with Crippen LogP contribution in [-0.2, 0) is 4.79 Å². The highest BCUT2D eigenvalue weighted by molar-refractivity contribution is 8.01. The molecule has 1 amide bonds. The number of carbonyl (C=O) groups is 1. The molecule has 11 heteroatoms. The molecule has 8 nitrogen and oxygen atoms in total. The normalized spacial score (nSPS) is 10.5. The van der Waals surface area contributed by atoms with Gasteiger partial charge >= 0.3 is 0 Å². The van der Waals surface area contributed by atoms with Gasteiger partial charge in [0.1, 0.15) is 0 Å². The number of rotatable bonds is 7. The van der Waals surface area contributed by atoms with Crippen molar-refractivity contribution in [2.24, 2.45) is 0 Å². The Hall–Kier alpha value is -2.69. The molecule has 0 saturated carbocycles. The molecule has 0 saturated heterocycles. The average Bonchev–Trinajstić information content (AvgIpc) is 3.11. The number of thioether (sulfide) groups is 1. The van der Waals surface area contributed by atoms with Gasteiger partial charge < -0.3 is 10.6 Å². The minimum Gasteiger partial charge on any atom is -0.330 e. The highest BCUT2D eigenvalue weighted by Crippen LogP contribution is 2.29. The number of nitro benzene ring substituents is 1. The molecule has 0 bridgehead atoms. The fraction of sp³-hybridized carbons (Fsp3) is 0.118. The SMILES string of the molecule is Cc1ccc(Nc2nnc(SCC(=O)Nc3ccc([N+](=O)[O-])cc3Cl)s2)cc1. The van der Waals surface area contributed by atoms with Crippen LogP contribution in [0.3, 0.4) is 0 Å². The maximum Gasteiger partial charge on any atom is 0.271 e. The van der Waals surface area contributed by atoms with Gasteiger partial charge in [-0.15, -0.1) is 10.2 Å². The number of non-ortho nitro benzene ring substituents is 1. The number of nitro groups is 1. The smallest absolute Gasteiger partial charge is 0.271 e. The van der Waals surface area contributed by atoms with Gasteiger partial charge in [0, 0.05) is 17.8 Å². The first-order valence-electron chi connectivity index (χ1n) is 7.94. The molecule has 0 aliphatic heterocycles. The fourth-order valence-electron chi connectivity index (χ4n) is 2.11. The molecule has 0 radical (unpaired) electrons. The van der Waals surface area contributed by atoms with Crippen molar-refractivity contribution >= 4 is 62.8 Å². The van der Waals surface area contributed by atoms with Crippen LogP contribution in [0, 0.1) is 17.0 Å². The highest BCUT2D eigenvalue weighted by Gasteiger charge is 2.13. The van der Waals surface area contributed by atoms with Crippen LogP contribution in [0.5, 0.6) is 0 Å². The Morgan fingerprint density at radius 2 is 2.00 bits per heavy atom. The van der Waals surface area contributed by atoms with Crippen LogP contribution in [0.15, 0.2) is 46.8 Å². The zero-order valence-electron chi connectivity index (χ0n) is 14.5. The van der Waals surface area contributed by atoms with E-state index in [-0.39, 0.29) is 22.4 Å². The molecule has 2 aromatic carbocycles. The highest BCUT2D eigenvalue weighted by atomic mass is 35.5. The summed E-state index contributed by atoms with van der Waals surface area (Å²) in [6, 6.07) is 11.8. The lowest BCUT2D eigenvalue weighted by Gasteiger charge is -2.06. The van der Waals surface area contributed by atoms with Crippen molar-refractivity contribution in [2.75, 3.05) is 16.4 Å². The number of aromatic nitrogens is 2. The van der Waals surface area contributed by atoms with Gasteiger partial charge in [-0.3, -0.25) is 14.9 Å². The van der Waals surface area contributed by atoms with E-state index < -0.39 is 4.92 Å². The number of halogens is 1. The average molecular weight is 436 g/mol. The van der Waals surface area contributed by atoms with Gasteiger partial charge in [-0.05, 0) is 25.1 Å². The Bertz CT molecular complexity index is 1010. The van der Waals surface area contributed by atoms with E-state index >= 15 is 0 Å². The van der Waals surface area contributed by atoms with Gasteiger partial charge in [-0.2, -0.15) is 0 Å². The molecule has 1 aromatic heterocycles. The number of nitrogens with one attached hydrogen (secondary N) is 2. The van der Waals surface area contributed by atoms with E-state index in [4.69, 9.17) is 11.6 Å². The fourth-order valence-corrected chi connectivity index (χ4v) is 3.91. The number of hydrogen-bond donors (Lipinski definition) is 2. The Morgan fingerprint density at radius 1 is 1.25 bits per heavy atom. The molecule has 0 unspecified atom stereocenters. The molecule has 0 aliphatic carbocycles. The minimum absolute atomic E-state index is 0.104. The second-order valence-corrected chi connectivity index (χ2v) is 8.23. The van der Waals surface area contributed by atoms with Gasteiger partial charge in [-0.25, -0.2) is 0 Å². The van der Waals surface area contributed by atoms with E-state index in [1.54, 1.807) is 0 Å². The molecular weight excluding hydrogens is 422 g/mol. The number of nitrogens with zero attached hydrogens (tertiary/aromatic N) is 3. The largest absolute Gasteiger partial charge is 0.330 e. The maximum absolute atomic E-state index is 12.1. The molecule has 28 heavy (non-hydrogen) atoms. The second kappa shape index (κ2) is 9.00. The van der Waals surface area contributed by atoms with Gasteiger partial charge in [0.15, 0.2) is 4.34 Å². The lowest BCUT2D eigenvalue weighted by Crippen LogP contribution is -2.14. The zero-order chi connectivity index (χ0) is 20.1. The van der Waals surface area contributed by atoms with E-state index in [0.717, 1.165) is 11.3 Å². The zero-order valence-corrected chi connectivity index (χ0v) is 16.9. The van der Waals surface area contributed by atoms with E-state index in [1.165, 1.54) is 41.3 Å². The van der Waals surface area contributed by atoms with Crippen molar-refractivity contribution in [3.8, 4) is 0 Å². The van der Waals surface area contributed by atoms with E-state index in [0.29, 0.717) is 15.2 Å². The van der Waals surface area contributed by atoms with Crippen LogP contribution in [0.25, 0.3) is 0 Å². The molecule has 0 atom stereocenters. The third-order valence-electron chi connectivity index (χ3n) is 3.47. The van der Waals surface area contributed by atoms with Crippen molar-refractivity contribution in [3.05, 3.63) is 63.2 Å². The summed E-state index contributed by atoms with van der Waals surface area (Å²) in [4.78, 5) is 22.3. The predicted octanol–water partition coefficient (Wildman–Crippen LogP) is 4.88. The van der Waals surface area contributed by atoms with E-state index in [9.17, 15) is 14.9 Å². The summed E-state index contributed by atoms with van der Waals surface area (Å²) in [6.45, 7) is 2.01. The summed E-state index contributed by atoms with van der Waals surface area (Å²) >= 11 is 8.54. The number of benzene rings is 2. The minimum atomic E-state index is -0.551. The molecular formula is C17H14ClN5O3S2. The Morgan fingerprint density at radius 3 is 2.68 bits per heavy atom. The van der Waals surface area contributed by atoms with E-state index in [2.05, 4.69) is 20.8 Å². The van der Waals surface area contributed by atoms with E-state index in [1.807, 2.05) is 31.2 Å². The maximum atomic E-state index is 12.1. The third kappa shape index (κ3) is 5.41. The molecule has 0 fully saturated rings. The van der Waals surface area contributed by atoms with Gasteiger partial charge in [0.05, 0.1) is 21.4 Å². The number of aryl methyl sites for hydroxylation is 1. The molecule has 0 aliphatic rings.